The number of sulfone groups is 1. The molecule has 1 aliphatic rings. The van der Waals surface area contributed by atoms with E-state index >= 15 is 0 Å². The molecule has 1 unspecified atom stereocenters. The van der Waals surface area contributed by atoms with Gasteiger partial charge >= 0.3 is 11.5 Å². The average molecular weight is 603 g/mol. The van der Waals surface area contributed by atoms with Crippen molar-refractivity contribution in [1.29, 1.82) is 0 Å². The quantitative estimate of drug-likeness (QED) is 0.391. The first-order chi connectivity index (χ1) is 18.0. The highest BCUT2D eigenvalue weighted by atomic mass is 35.5. The SMILES string of the molecule is CC1(Cc2ccnc(NS(=O)(=O)c3ccc(Cl)cc3)c2)NC(=O)N(c2ccc(S(=O)(=O)C(F)(F)F)cc2)C1=O. The van der Waals surface area contributed by atoms with Crippen molar-refractivity contribution in [1.82, 2.24) is 10.3 Å². The van der Waals surface area contributed by atoms with Gasteiger partial charge in [0.05, 0.1) is 15.5 Å². The van der Waals surface area contributed by atoms with Crippen molar-refractivity contribution in [3.8, 4) is 0 Å². The predicted octanol–water partition coefficient (Wildman–Crippen LogP) is 3.89. The highest BCUT2D eigenvalue weighted by Crippen LogP contribution is 2.33. The molecular formula is C23H18ClF3N4O6S2. The van der Waals surface area contributed by atoms with Gasteiger partial charge < -0.3 is 5.32 Å². The highest BCUT2D eigenvalue weighted by molar-refractivity contribution is 7.92. The number of hydrogen-bond donors (Lipinski definition) is 2. The number of benzene rings is 2. The molecule has 1 aliphatic heterocycles. The summed E-state index contributed by atoms with van der Waals surface area (Å²) >= 11 is 5.80. The number of nitrogens with zero attached hydrogens (tertiary/aromatic N) is 2. The van der Waals surface area contributed by atoms with E-state index in [-0.39, 0.29) is 22.8 Å². The number of urea groups is 1. The Morgan fingerprint density at radius 3 is 2.15 bits per heavy atom. The van der Waals surface area contributed by atoms with Crippen molar-refractivity contribution in [3.05, 3.63) is 77.4 Å². The maximum absolute atomic E-state index is 13.2. The monoisotopic (exact) mass is 602 g/mol. The lowest BCUT2D eigenvalue weighted by Crippen LogP contribution is -2.46. The minimum Gasteiger partial charge on any atom is -0.323 e. The van der Waals surface area contributed by atoms with Gasteiger partial charge in [0.1, 0.15) is 11.4 Å². The second-order valence-electron chi connectivity index (χ2n) is 8.63. The van der Waals surface area contributed by atoms with Crippen LogP contribution in [0.5, 0.6) is 0 Å². The molecule has 0 saturated carbocycles. The van der Waals surface area contributed by atoms with E-state index in [1.54, 1.807) is 0 Å². The van der Waals surface area contributed by atoms with E-state index < -0.39 is 47.7 Å². The number of carbonyl (C=O) groups is 2. The fourth-order valence-corrected chi connectivity index (χ4v) is 5.69. The summed E-state index contributed by atoms with van der Waals surface area (Å²) in [7, 11) is -9.62. The molecule has 16 heteroatoms. The highest BCUT2D eigenvalue weighted by Gasteiger charge is 2.49. The maximum atomic E-state index is 13.2. The molecule has 0 aliphatic carbocycles. The molecule has 1 atom stereocenters. The van der Waals surface area contributed by atoms with Crippen molar-refractivity contribution in [2.75, 3.05) is 9.62 Å². The van der Waals surface area contributed by atoms with Crippen LogP contribution in [-0.4, -0.2) is 44.8 Å². The second kappa shape index (κ2) is 9.81. The van der Waals surface area contributed by atoms with Crippen molar-refractivity contribution in [2.24, 2.45) is 0 Å². The fraction of sp³-hybridized carbons (Fsp3) is 0.174. The van der Waals surface area contributed by atoms with Gasteiger partial charge in [-0.05, 0) is 73.2 Å². The zero-order valence-corrected chi connectivity index (χ0v) is 22.1. The molecule has 1 saturated heterocycles. The summed E-state index contributed by atoms with van der Waals surface area (Å²) in [5, 5.41) is 2.86. The minimum atomic E-state index is -5.61. The summed E-state index contributed by atoms with van der Waals surface area (Å²) in [5.41, 5.74) is -6.76. The van der Waals surface area contributed by atoms with Crippen LogP contribution in [0.25, 0.3) is 0 Å². The largest absolute Gasteiger partial charge is 0.501 e. The van der Waals surface area contributed by atoms with Crippen LogP contribution in [0.15, 0.2) is 76.7 Å². The predicted molar refractivity (Wildman–Crippen MR) is 134 cm³/mol. The number of hydrogen-bond acceptors (Lipinski definition) is 7. The molecule has 0 bridgehead atoms. The number of pyridine rings is 1. The van der Waals surface area contributed by atoms with Gasteiger partial charge in [-0.3, -0.25) is 9.52 Å². The number of imide groups is 1. The van der Waals surface area contributed by atoms with Crippen LogP contribution in [0.3, 0.4) is 0 Å². The average Bonchev–Trinajstić information content (AvgIpc) is 3.06. The van der Waals surface area contributed by atoms with Crippen LogP contribution in [0, 0.1) is 0 Å². The summed E-state index contributed by atoms with van der Waals surface area (Å²) in [4.78, 5) is 29.4. The first-order valence-electron chi connectivity index (χ1n) is 10.8. The van der Waals surface area contributed by atoms with Crippen molar-refractivity contribution in [2.45, 2.75) is 34.2 Å². The number of carbonyl (C=O) groups excluding carboxylic acids is 2. The Kier molecular flexibility index (Phi) is 7.12. The number of amides is 3. The van der Waals surface area contributed by atoms with E-state index in [9.17, 15) is 39.6 Å². The van der Waals surface area contributed by atoms with Crippen LogP contribution in [0.4, 0.5) is 29.5 Å². The molecule has 3 aromatic rings. The molecule has 2 N–H and O–H groups in total. The number of sulfonamides is 1. The Hall–Kier alpha value is -3.69. The fourth-order valence-electron chi connectivity index (χ4n) is 3.81. The van der Waals surface area contributed by atoms with Gasteiger partial charge in [0.2, 0.25) is 0 Å². The van der Waals surface area contributed by atoms with E-state index in [1.165, 1.54) is 49.5 Å². The van der Waals surface area contributed by atoms with Crippen LogP contribution in [0.2, 0.25) is 5.02 Å². The summed E-state index contributed by atoms with van der Waals surface area (Å²) in [6.07, 6.45) is 1.20. The molecule has 2 aromatic carbocycles. The lowest BCUT2D eigenvalue weighted by atomic mass is 9.93. The Morgan fingerprint density at radius 2 is 1.56 bits per heavy atom. The molecular weight excluding hydrogens is 585 g/mol. The minimum absolute atomic E-state index is 0.0545. The van der Waals surface area contributed by atoms with E-state index in [2.05, 4.69) is 15.0 Å². The Morgan fingerprint density at radius 1 is 0.974 bits per heavy atom. The van der Waals surface area contributed by atoms with Gasteiger partial charge in [-0.1, -0.05) is 11.6 Å². The number of halogens is 4. The van der Waals surface area contributed by atoms with Crippen molar-refractivity contribution in [3.63, 3.8) is 0 Å². The number of alkyl halides is 3. The van der Waals surface area contributed by atoms with E-state index in [0.29, 0.717) is 27.6 Å². The van der Waals surface area contributed by atoms with Crippen LogP contribution in [0.1, 0.15) is 12.5 Å². The third kappa shape index (κ3) is 5.55. The van der Waals surface area contributed by atoms with E-state index in [0.717, 1.165) is 12.1 Å². The number of anilines is 2. The Labute approximate surface area is 225 Å². The van der Waals surface area contributed by atoms with Crippen molar-refractivity contribution < 1.29 is 39.6 Å². The normalized spacial score (nSPS) is 18.2. The molecule has 1 aromatic heterocycles. The summed E-state index contributed by atoms with van der Waals surface area (Å²) in [6.45, 7) is 1.41. The smallest absolute Gasteiger partial charge is 0.323 e. The molecule has 39 heavy (non-hydrogen) atoms. The zero-order valence-electron chi connectivity index (χ0n) is 19.7. The molecule has 3 amide bonds. The zero-order chi connectivity index (χ0) is 28.8. The summed E-state index contributed by atoms with van der Waals surface area (Å²) in [5.74, 6) is -0.819. The topological polar surface area (TPSA) is 143 Å². The third-order valence-electron chi connectivity index (χ3n) is 5.72. The number of rotatable bonds is 7. The maximum Gasteiger partial charge on any atom is 0.501 e. The standard InChI is InChI=1S/C23H18ClF3N4O6S2/c1-22(13-14-10-11-28-19(12-14)30-39(36,37)18-6-2-15(24)3-7-18)20(32)31(21(33)29-22)16-4-8-17(9-5-16)38(34,35)23(25,26)27/h2-12H,13H2,1H3,(H,28,30)(H,29,33). The molecule has 206 valence electrons. The van der Waals surface area contributed by atoms with Crippen LogP contribution < -0.4 is 14.9 Å². The molecule has 10 nitrogen and oxygen atoms in total. The summed E-state index contributed by atoms with van der Waals surface area (Å²) in [6, 6.07) is 10.5. The second-order valence-corrected chi connectivity index (χ2v) is 12.7. The molecule has 4 rings (SSSR count). The lowest BCUT2D eigenvalue weighted by molar-refractivity contribution is -0.121. The first-order valence-corrected chi connectivity index (χ1v) is 14.2. The van der Waals surface area contributed by atoms with Gasteiger partial charge in [0.25, 0.3) is 25.8 Å². The third-order valence-corrected chi connectivity index (χ3v) is 8.84. The van der Waals surface area contributed by atoms with Gasteiger partial charge in [-0.15, -0.1) is 0 Å². The first kappa shape index (κ1) is 28.3. The van der Waals surface area contributed by atoms with Gasteiger partial charge in [-0.2, -0.15) is 13.2 Å². The molecule has 0 spiro atoms. The number of aromatic nitrogens is 1. The van der Waals surface area contributed by atoms with E-state index in [1.807, 2.05) is 0 Å². The molecule has 0 radical (unpaired) electrons. The van der Waals surface area contributed by atoms with Crippen LogP contribution in [-0.2, 0) is 31.1 Å². The Bertz CT molecular complexity index is 1670. The molecule has 1 fully saturated rings. The van der Waals surface area contributed by atoms with Gasteiger partial charge in [0, 0.05) is 17.6 Å². The van der Waals surface area contributed by atoms with Gasteiger partial charge in [-0.25, -0.2) is 31.5 Å². The van der Waals surface area contributed by atoms with Gasteiger partial charge in [0.15, 0.2) is 0 Å². The Balaban J connectivity index is 1.54. The van der Waals surface area contributed by atoms with Crippen LogP contribution >= 0.6 is 11.6 Å². The number of nitrogens with one attached hydrogen (secondary N) is 2. The van der Waals surface area contributed by atoms with Crippen molar-refractivity contribution >= 4 is 54.9 Å². The van der Waals surface area contributed by atoms with E-state index in [4.69, 9.17) is 11.6 Å². The lowest BCUT2D eigenvalue weighted by Gasteiger charge is -2.22. The molecule has 2 heterocycles. The summed E-state index contributed by atoms with van der Waals surface area (Å²) < 4.78 is 89.2.